The molecule has 0 saturated heterocycles. The lowest BCUT2D eigenvalue weighted by Gasteiger charge is -2.12. The van der Waals surface area contributed by atoms with Crippen molar-refractivity contribution in [3.8, 4) is 0 Å². The van der Waals surface area contributed by atoms with Crippen LogP contribution in [0.25, 0.3) is 0 Å². The quantitative estimate of drug-likeness (QED) is 0.837. The van der Waals surface area contributed by atoms with E-state index in [0.29, 0.717) is 5.69 Å². The Bertz CT molecular complexity index is 747. The molecule has 0 aliphatic carbocycles. The van der Waals surface area contributed by atoms with Crippen molar-refractivity contribution in [3.05, 3.63) is 40.1 Å². The van der Waals surface area contributed by atoms with Crippen LogP contribution in [0.5, 0.6) is 0 Å². The molecule has 0 radical (unpaired) electrons. The first kappa shape index (κ1) is 18.0. The highest BCUT2D eigenvalue weighted by molar-refractivity contribution is 9.10. The van der Waals surface area contributed by atoms with E-state index in [0.717, 1.165) is 21.3 Å². The summed E-state index contributed by atoms with van der Waals surface area (Å²) in [7, 11) is 3.36. The van der Waals surface area contributed by atoms with Gasteiger partial charge in [0, 0.05) is 30.5 Å². The van der Waals surface area contributed by atoms with Crippen molar-refractivity contribution < 1.29 is 9.59 Å². The van der Waals surface area contributed by atoms with Crippen LogP contribution in [0.4, 0.5) is 16.2 Å². The molecule has 0 aliphatic rings. The van der Waals surface area contributed by atoms with Crippen LogP contribution in [-0.2, 0) is 11.3 Å². The molecular weight excluding hydrogens is 374 g/mol. The van der Waals surface area contributed by atoms with Gasteiger partial charge in [0.2, 0.25) is 5.91 Å². The number of rotatable bonds is 4. The number of nitrogens with zero attached hydrogens (tertiary/aromatic N) is 3. The summed E-state index contributed by atoms with van der Waals surface area (Å²) in [6.07, 6.45) is 3.12. The highest BCUT2D eigenvalue weighted by Gasteiger charge is 2.11. The van der Waals surface area contributed by atoms with Crippen molar-refractivity contribution in [2.24, 2.45) is 0 Å². The van der Waals surface area contributed by atoms with Crippen LogP contribution in [0.3, 0.4) is 0 Å². The second-order valence-corrected chi connectivity index (χ2v) is 6.62. The molecule has 2 aromatic rings. The standard InChI is InChI=1S/C16H20BrN5O2/c1-10-5-12(17)6-11(2)15(10)20-16(24)19-13-7-18-22(8-13)9-14(23)21(3)4/h5-8H,9H2,1-4H3,(H2,19,20,24). The Hall–Kier alpha value is -2.35. The summed E-state index contributed by atoms with van der Waals surface area (Å²) in [5.74, 6) is -0.0739. The van der Waals surface area contributed by atoms with E-state index in [2.05, 4.69) is 31.7 Å². The van der Waals surface area contributed by atoms with E-state index in [-0.39, 0.29) is 18.5 Å². The monoisotopic (exact) mass is 393 g/mol. The predicted molar refractivity (Wildman–Crippen MR) is 97.2 cm³/mol. The van der Waals surface area contributed by atoms with Crippen molar-refractivity contribution >= 4 is 39.2 Å². The topological polar surface area (TPSA) is 79.3 Å². The zero-order chi connectivity index (χ0) is 17.9. The normalized spacial score (nSPS) is 10.4. The first-order valence-corrected chi connectivity index (χ1v) is 8.13. The van der Waals surface area contributed by atoms with E-state index < -0.39 is 0 Å². The lowest BCUT2D eigenvalue weighted by molar-refractivity contribution is -0.129. The molecule has 128 valence electrons. The van der Waals surface area contributed by atoms with Crippen LogP contribution in [0.15, 0.2) is 29.0 Å². The number of amides is 3. The second kappa shape index (κ2) is 7.48. The van der Waals surface area contributed by atoms with Crippen LogP contribution >= 0.6 is 15.9 Å². The van der Waals surface area contributed by atoms with E-state index in [1.165, 1.54) is 15.8 Å². The highest BCUT2D eigenvalue weighted by Crippen LogP contribution is 2.25. The zero-order valence-electron chi connectivity index (χ0n) is 14.1. The van der Waals surface area contributed by atoms with Gasteiger partial charge in [-0.3, -0.25) is 9.48 Å². The molecule has 2 N–H and O–H groups in total. The Labute approximate surface area is 149 Å². The van der Waals surface area contributed by atoms with Crippen LogP contribution in [0, 0.1) is 13.8 Å². The molecule has 1 aromatic heterocycles. The van der Waals surface area contributed by atoms with Crippen LogP contribution in [0.2, 0.25) is 0 Å². The van der Waals surface area contributed by atoms with E-state index in [1.54, 1.807) is 20.3 Å². The van der Waals surface area contributed by atoms with Gasteiger partial charge in [0.05, 0.1) is 11.9 Å². The molecule has 0 bridgehead atoms. The van der Waals surface area contributed by atoms with Gasteiger partial charge in [-0.1, -0.05) is 15.9 Å². The largest absolute Gasteiger partial charge is 0.347 e. The number of carbonyl (C=O) groups excluding carboxylic acids is 2. The van der Waals surface area contributed by atoms with Gasteiger partial charge in [0.1, 0.15) is 6.54 Å². The molecule has 0 spiro atoms. The zero-order valence-corrected chi connectivity index (χ0v) is 15.6. The SMILES string of the molecule is Cc1cc(Br)cc(C)c1NC(=O)Nc1cnn(CC(=O)N(C)C)c1. The highest BCUT2D eigenvalue weighted by atomic mass is 79.9. The molecule has 8 heteroatoms. The number of likely N-dealkylation sites (N-methyl/N-ethyl adjacent to an activating group) is 1. The third-order valence-electron chi connectivity index (χ3n) is 3.42. The minimum atomic E-state index is -0.359. The molecular formula is C16H20BrN5O2. The van der Waals surface area contributed by atoms with Gasteiger partial charge in [-0.25, -0.2) is 4.79 Å². The van der Waals surface area contributed by atoms with E-state index in [1.807, 2.05) is 26.0 Å². The average molecular weight is 394 g/mol. The summed E-state index contributed by atoms with van der Waals surface area (Å²) in [4.78, 5) is 25.3. The maximum Gasteiger partial charge on any atom is 0.323 e. The Morgan fingerprint density at radius 2 is 1.83 bits per heavy atom. The number of aromatic nitrogens is 2. The van der Waals surface area contributed by atoms with Crippen molar-refractivity contribution in [1.29, 1.82) is 0 Å². The van der Waals surface area contributed by atoms with Crippen LogP contribution in [-0.4, -0.2) is 40.7 Å². The number of aryl methyl sites for hydroxylation is 2. The number of benzene rings is 1. The van der Waals surface area contributed by atoms with Gasteiger partial charge >= 0.3 is 6.03 Å². The third-order valence-corrected chi connectivity index (χ3v) is 3.88. The third kappa shape index (κ3) is 4.58. The molecule has 1 aromatic carbocycles. The Morgan fingerprint density at radius 1 is 1.21 bits per heavy atom. The van der Waals surface area contributed by atoms with Crippen molar-refractivity contribution in [2.75, 3.05) is 24.7 Å². The van der Waals surface area contributed by atoms with Gasteiger partial charge < -0.3 is 15.5 Å². The van der Waals surface area contributed by atoms with Crippen molar-refractivity contribution in [1.82, 2.24) is 14.7 Å². The Balaban J connectivity index is 2.01. The van der Waals surface area contributed by atoms with E-state index >= 15 is 0 Å². The van der Waals surface area contributed by atoms with Gasteiger partial charge in [0.15, 0.2) is 0 Å². The van der Waals surface area contributed by atoms with Gasteiger partial charge in [-0.15, -0.1) is 0 Å². The number of urea groups is 1. The van der Waals surface area contributed by atoms with Crippen molar-refractivity contribution in [3.63, 3.8) is 0 Å². The molecule has 7 nitrogen and oxygen atoms in total. The van der Waals surface area contributed by atoms with E-state index in [9.17, 15) is 9.59 Å². The summed E-state index contributed by atoms with van der Waals surface area (Å²) in [6.45, 7) is 3.98. The summed E-state index contributed by atoms with van der Waals surface area (Å²) in [6, 6.07) is 3.52. The molecule has 0 unspecified atom stereocenters. The van der Waals surface area contributed by atoms with Gasteiger partial charge in [-0.05, 0) is 37.1 Å². The van der Waals surface area contributed by atoms with Crippen molar-refractivity contribution in [2.45, 2.75) is 20.4 Å². The fraction of sp³-hybridized carbons (Fsp3) is 0.312. The van der Waals surface area contributed by atoms with Gasteiger partial charge in [-0.2, -0.15) is 5.10 Å². The minimum Gasteiger partial charge on any atom is -0.347 e. The van der Waals surface area contributed by atoms with Gasteiger partial charge in [0.25, 0.3) is 0 Å². The molecule has 2 rings (SSSR count). The maximum absolute atomic E-state index is 12.2. The number of halogens is 1. The first-order valence-electron chi connectivity index (χ1n) is 7.33. The second-order valence-electron chi connectivity index (χ2n) is 5.71. The fourth-order valence-electron chi connectivity index (χ4n) is 2.18. The molecule has 24 heavy (non-hydrogen) atoms. The summed E-state index contributed by atoms with van der Waals surface area (Å²) < 4.78 is 2.45. The predicted octanol–water partition coefficient (Wildman–Crippen LogP) is 2.99. The fourth-order valence-corrected chi connectivity index (χ4v) is 2.87. The average Bonchev–Trinajstić information content (AvgIpc) is 2.89. The maximum atomic E-state index is 12.2. The minimum absolute atomic E-state index is 0.0739. The summed E-state index contributed by atoms with van der Waals surface area (Å²) in [5, 5.41) is 9.62. The molecule has 0 atom stereocenters. The molecule has 3 amide bonds. The number of hydrogen-bond acceptors (Lipinski definition) is 3. The molecule has 0 aliphatic heterocycles. The van der Waals surface area contributed by atoms with Crippen LogP contribution < -0.4 is 10.6 Å². The lowest BCUT2D eigenvalue weighted by Crippen LogP contribution is -2.26. The number of carbonyl (C=O) groups is 2. The molecule has 0 fully saturated rings. The number of anilines is 2. The van der Waals surface area contributed by atoms with E-state index in [4.69, 9.17) is 0 Å². The van der Waals surface area contributed by atoms with Crippen LogP contribution in [0.1, 0.15) is 11.1 Å². The Morgan fingerprint density at radius 3 is 2.42 bits per heavy atom. The molecule has 0 saturated carbocycles. The summed E-state index contributed by atoms with van der Waals surface area (Å²) in [5.41, 5.74) is 3.21. The molecule has 1 heterocycles. The number of nitrogens with one attached hydrogen (secondary N) is 2. The summed E-state index contributed by atoms with van der Waals surface area (Å²) >= 11 is 3.43. The Kier molecular flexibility index (Phi) is 5.61. The lowest BCUT2D eigenvalue weighted by atomic mass is 10.1. The smallest absolute Gasteiger partial charge is 0.323 e. The first-order chi connectivity index (χ1) is 11.3. The number of hydrogen-bond donors (Lipinski definition) is 2.